The number of rotatable bonds is 6. The number of hydrogen-bond acceptors (Lipinski definition) is 2. The molecule has 1 fully saturated rings. The molecule has 1 aliphatic heterocycles. The Labute approximate surface area is 102 Å². The van der Waals surface area contributed by atoms with Crippen LogP contribution in [0.25, 0.3) is 0 Å². The highest BCUT2D eigenvalue weighted by Crippen LogP contribution is 2.37. The fourth-order valence-electron chi connectivity index (χ4n) is 2.77. The summed E-state index contributed by atoms with van der Waals surface area (Å²) in [6.07, 6.45) is 6.60. The first-order chi connectivity index (χ1) is 7.60. The molecule has 0 saturated carbocycles. The van der Waals surface area contributed by atoms with Gasteiger partial charge in [-0.3, -0.25) is 0 Å². The van der Waals surface area contributed by atoms with Crippen LogP contribution in [0.4, 0.5) is 0 Å². The van der Waals surface area contributed by atoms with Crippen LogP contribution in [0.1, 0.15) is 52.9 Å². The molecule has 0 aliphatic carbocycles. The molecule has 0 bridgehead atoms. The zero-order valence-electron chi connectivity index (χ0n) is 11.5. The summed E-state index contributed by atoms with van der Waals surface area (Å²) in [5, 5.41) is 0. The van der Waals surface area contributed by atoms with Crippen molar-refractivity contribution in [2.45, 2.75) is 52.9 Å². The molecular formula is C14H30N2. The molecule has 96 valence electrons. The second-order valence-electron chi connectivity index (χ2n) is 6.02. The van der Waals surface area contributed by atoms with Gasteiger partial charge < -0.3 is 10.6 Å². The van der Waals surface area contributed by atoms with E-state index >= 15 is 0 Å². The predicted octanol–water partition coefficient (Wildman–Crippen LogP) is 2.87. The lowest BCUT2D eigenvalue weighted by Crippen LogP contribution is -2.45. The fraction of sp³-hybridized carbons (Fsp3) is 1.00. The molecule has 2 nitrogen and oxygen atoms in total. The molecule has 16 heavy (non-hydrogen) atoms. The molecule has 0 aromatic heterocycles. The van der Waals surface area contributed by atoms with Gasteiger partial charge in [-0.1, -0.05) is 33.6 Å². The summed E-state index contributed by atoms with van der Waals surface area (Å²) < 4.78 is 0. The predicted molar refractivity (Wildman–Crippen MR) is 71.5 cm³/mol. The van der Waals surface area contributed by atoms with E-state index in [4.69, 9.17) is 5.73 Å². The van der Waals surface area contributed by atoms with Gasteiger partial charge in [-0.25, -0.2) is 0 Å². The molecule has 0 amide bonds. The molecule has 0 radical (unpaired) electrons. The molecule has 1 atom stereocenters. The first kappa shape index (κ1) is 14.0. The molecule has 0 aromatic rings. The van der Waals surface area contributed by atoms with Crippen molar-refractivity contribution >= 4 is 0 Å². The van der Waals surface area contributed by atoms with E-state index < -0.39 is 0 Å². The smallest absolute Gasteiger partial charge is 0.00152 e. The Bertz CT molecular complexity index is 189. The Morgan fingerprint density at radius 1 is 1.31 bits per heavy atom. The van der Waals surface area contributed by atoms with Crippen molar-refractivity contribution < 1.29 is 0 Å². The first-order valence-electron chi connectivity index (χ1n) is 7.02. The summed E-state index contributed by atoms with van der Waals surface area (Å²) in [5.41, 5.74) is 6.23. The number of likely N-dealkylation sites (tertiary alicyclic amines) is 1. The van der Waals surface area contributed by atoms with Crippen molar-refractivity contribution in [3.8, 4) is 0 Å². The largest absolute Gasteiger partial charge is 0.330 e. The van der Waals surface area contributed by atoms with E-state index in [1.54, 1.807) is 0 Å². The van der Waals surface area contributed by atoms with Gasteiger partial charge >= 0.3 is 0 Å². The lowest BCUT2D eigenvalue weighted by Gasteiger charge is -2.44. The van der Waals surface area contributed by atoms with Crippen molar-refractivity contribution in [3.05, 3.63) is 0 Å². The maximum atomic E-state index is 5.73. The van der Waals surface area contributed by atoms with Gasteiger partial charge in [-0.2, -0.15) is 0 Å². The van der Waals surface area contributed by atoms with Crippen molar-refractivity contribution in [2.24, 2.45) is 17.1 Å². The molecule has 1 heterocycles. The van der Waals surface area contributed by atoms with Crippen molar-refractivity contribution in [1.29, 1.82) is 0 Å². The Kier molecular flexibility index (Phi) is 5.77. The van der Waals surface area contributed by atoms with Gasteiger partial charge in [0, 0.05) is 6.54 Å². The van der Waals surface area contributed by atoms with E-state index in [0.29, 0.717) is 5.41 Å². The lowest BCUT2D eigenvalue weighted by atomic mass is 9.72. The Morgan fingerprint density at radius 3 is 2.69 bits per heavy atom. The molecule has 0 spiro atoms. The van der Waals surface area contributed by atoms with E-state index in [2.05, 4.69) is 25.7 Å². The zero-order valence-corrected chi connectivity index (χ0v) is 11.5. The summed E-state index contributed by atoms with van der Waals surface area (Å²) in [6, 6.07) is 0. The van der Waals surface area contributed by atoms with Gasteiger partial charge in [0.25, 0.3) is 0 Å². The van der Waals surface area contributed by atoms with Crippen LogP contribution in [0.3, 0.4) is 0 Å². The monoisotopic (exact) mass is 226 g/mol. The van der Waals surface area contributed by atoms with E-state index in [9.17, 15) is 0 Å². The highest BCUT2D eigenvalue weighted by Gasteiger charge is 2.34. The number of hydrogen-bond donors (Lipinski definition) is 1. The van der Waals surface area contributed by atoms with E-state index in [1.165, 1.54) is 51.7 Å². The number of piperidine rings is 1. The van der Waals surface area contributed by atoms with E-state index in [1.807, 2.05) is 0 Å². The zero-order chi connectivity index (χ0) is 12.0. The molecule has 2 heteroatoms. The Balaban J connectivity index is 2.36. The maximum absolute atomic E-state index is 5.73. The van der Waals surface area contributed by atoms with Crippen LogP contribution in [-0.2, 0) is 0 Å². The van der Waals surface area contributed by atoms with Gasteiger partial charge in [0.15, 0.2) is 0 Å². The minimum absolute atomic E-state index is 0.501. The van der Waals surface area contributed by atoms with Crippen LogP contribution in [0.2, 0.25) is 0 Å². The summed E-state index contributed by atoms with van der Waals surface area (Å²) in [5.74, 6) is 0.799. The molecule has 1 unspecified atom stereocenters. The van der Waals surface area contributed by atoms with Crippen LogP contribution >= 0.6 is 0 Å². The van der Waals surface area contributed by atoms with Gasteiger partial charge in [0.2, 0.25) is 0 Å². The van der Waals surface area contributed by atoms with Crippen LogP contribution in [0.5, 0.6) is 0 Å². The number of nitrogens with zero attached hydrogens (tertiary/aromatic N) is 1. The third-order valence-corrected chi connectivity index (χ3v) is 4.25. The lowest BCUT2D eigenvalue weighted by molar-refractivity contribution is 0.0554. The van der Waals surface area contributed by atoms with Crippen LogP contribution < -0.4 is 5.73 Å². The minimum atomic E-state index is 0.501. The second-order valence-corrected chi connectivity index (χ2v) is 6.02. The third kappa shape index (κ3) is 4.06. The van der Waals surface area contributed by atoms with Gasteiger partial charge in [0.1, 0.15) is 0 Å². The number of nitrogens with two attached hydrogens (primary N) is 1. The van der Waals surface area contributed by atoms with Crippen LogP contribution in [0.15, 0.2) is 0 Å². The Hall–Kier alpha value is -0.0800. The van der Waals surface area contributed by atoms with Gasteiger partial charge in [-0.05, 0) is 50.2 Å². The number of unbranched alkanes of at least 4 members (excludes halogenated alkanes) is 2. The van der Waals surface area contributed by atoms with Crippen molar-refractivity contribution in [1.82, 2.24) is 4.90 Å². The average Bonchev–Trinajstić information content (AvgIpc) is 2.23. The highest BCUT2D eigenvalue weighted by molar-refractivity contribution is 4.86. The molecule has 1 aliphatic rings. The topological polar surface area (TPSA) is 29.3 Å². The van der Waals surface area contributed by atoms with Gasteiger partial charge in [-0.15, -0.1) is 0 Å². The second kappa shape index (κ2) is 6.61. The summed E-state index contributed by atoms with van der Waals surface area (Å²) >= 11 is 0. The van der Waals surface area contributed by atoms with Crippen molar-refractivity contribution in [2.75, 3.05) is 26.2 Å². The van der Waals surface area contributed by atoms with E-state index in [0.717, 1.165) is 12.5 Å². The first-order valence-corrected chi connectivity index (χ1v) is 7.02. The summed E-state index contributed by atoms with van der Waals surface area (Å²) in [6.45, 7) is 11.8. The fourth-order valence-corrected chi connectivity index (χ4v) is 2.77. The standard InChI is InChI=1S/C14H30N2/c1-4-5-6-10-16-11-8-14(2,3)13(12-16)7-9-15/h13H,4-12,15H2,1-3H3. The molecular weight excluding hydrogens is 196 g/mol. The minimum Gasteiger partial charge on any atom is -0.330 e. The molecule has 2 N–H and O–H groups in total. The average molecular weight is 226 g/mol. The SMILES string of the molecule is CCCCCN1CCC(C)(C)C(CCN)C1. The quantitative estimate of drug-likeness (QED) is 0.706. The third-order valence-electron chi connectivity index (χ3n) is 4.25. The highest BCUT2D eigenvalue weighted by atomic mass is 15.1. The van der Waals surface area contributed by atoms with E-state index in [-0.39, 0.29) is 0 Å². The van der Waals surface area contributed by atoms with Crippen LogP contribution in [0, 0.1) is 11.3 Å². The summed E-state index contributed by atoms with van der Waals surface area (Å²) in [7, 11) is 0. The van der Waals surface area contributed by atoms with Gasteiger partial charge in [0.05, 0.1) is 0 Å². The summed E-state index contributed by atoms with van der Waals surface area (Å²) in [4.78, 5) is 2.65. The van der Waals surface area contributed by atoms with Crippen molar-refractivity contribution in [3.63, 3.8) is 0 Å². The normalized spacial score (nSPS) is 25.9. The molecule has 1 saturated heterocycles. The maximum Gasteiger partial charge on any atom is 0.00152 e. The molecule has 1 rings (SSSR count). The van der Waals surface area contributed by atoms with Crippen LogP contribution in [-0.4, -0.2) is 31.1 Å². The molecule has 0 aromatic carbocycles. The Morgan fingerprint density at radius 2 is 2.06 bits per heavy atom.